The SMILES string of the molecule is NC(=O)Cc1ccc2ccn(C3CCN(C(F)Cc4ccc(F)cc4)CC3)c2c1. The van der Waals surface area contributed by atoms with Gasteiger partial charge in [0.25, 0.3) is 0 Å². The number of halogens is 2. The Morgan fingerprint density at radius 2 is 1.76 bits per heavy atom. The van der Waals surface area contributed by atoms with Crippen molar-refractivity contribution >= 4 is 16.8 Å². The minimum absolute atomic E-state index is 0.229. The number of alkyl halides is 1. The first-order valence-corrected chi connectivity index (χ1v) is 10.00. The lowest BCUT2D eigenvalue weighted by Gasteiger charge is -2.35. The number of aromatic nitrogens is 1. The number of hydrogen-bond acceptors (Lipinski definition) is 2. The fourth-order valence-corrected chi connectivity index (χ4v) is 4.21. The summed E-state index contributed by atoms with van der Waals surface area (Å²) in [4.78, 5) is 13.1. The van der Waals surface area contributed by atoms with Crippen molar-refractivity contribution in [2.45, 2.75) is 38.0 Å². The second kappa shape index (κ2) is 8.33. The highest BCUT2D eigenvalue weighted by atomic mass is 19.1. The molecule has 1 fully saturated rings. The van der Waals surface area contributed by atoms with E-state index in [1.807, 2.05) is 23.1 Å². The predicted octanol–water partition coefficient (Wildman–Crippen LogP) is 3.98. The molecule has 0 aliphatic carbocycles. The number of hydrogen-bond donors (Lipinski definition) is 1. The summed E-state index contributed by atoms with van der Waals surface area (Å²) in [6.45, 7) is 1.35. The molecule has 0 radical (unpaired) electrons. The van der Waals surface area contributed by atoms with Crippen LogP contribution < -0.4 is 5.73 Å². The Labute approximate surface area is 168 Å². The van der Waals surface area contributed by atoms with Crippen molar-refractivity contribution < 1.29 is 13.6 Å². The van der Waals surface area contributed by atoms with Crippen molar-refractivity contribution in [3.05, 3.63) is 71.7 Å². The summed E-state index contributed by atoms with van der Waals surface area (Å²) in [5, 5.41) is 1.13. The molecule has 1 aliphatic heterocycles. The van der Waals surface area contributed by atoms with E-state index in [2.05, 4.69) is 16.8 Å². The van der Waals surface area contributed by atoms with Crippen LogP contribution in [0.25, 0.3) is 10.9 Å². The molecule has 1 atom stereocenters. The maximum atomic E-state index is 14.8. The van der Waals surface area contributed by atoms with E-state index >= 15 is 0 Å². The molecule has 1 saturated heterocycles. The molecule has 152 valence electrons. The van der Waals surface area contributed by atoms with Gasteiger partial charge < -0.3 is 10.3 Å². The van der Waals surface area contributed by atoms with Crippen LogP contribution in [-0.2, 0) is 17.6 Å². The molecule has 1 unspecified atom stereocenters. The number of fused-ring (bicyclic) bond motifs is 1. The van der Waals surface area contributed by atoms with Gasteiger partial charge in [-0.05, 0) is 53.6 Å². The lowest BCUT2D eigenvalue weighted by molar-refractivity contribution is -0.117. The number of carbonyl (C=O) groups is 1. The summed E-state index contributed by atoms with van der Waals surface area (Å²) in [7, 11) is 0. The number of primary amides is 1. The average Bonchev–Trinajstić information content (AvgIpc) is 3.12. The molecule has 6 heteroatoms. The summed E-state index contributed by atoms with van der Waals surface area (Å²) in [6.07, 6.45) is 3.22. The van der Waals surface area contributed by atoms with E-state index in [1.165, 1.54) is 12.1 Å². The number of benzene rings is 2. The fraction of sp³-hybridized carbons (Fsp3) is 0.348. The van der Waals surface area contributed by atoms with E-state index < -0.39 is 6.30 Å². The van der Waals surface area contributed by atoms with Crippen LogP contribution >= 0.6 is 0 Å². The monoisotopic (exact) mass is 397 g/mol. The Bertz CT molecular complexity index is 991. The third-order valence-electron chi connectivity index (χ3n) is 5.77. The van der Waals surface area contributed by atoms with Gasteiger partial charge in [0.15, 0.2) is 6.30 Å². The van der Waals surface area contributed by atoms with E-state index in [9.17, 15) is 13.6 Å². The summed E-state index contributed by atoms with van der Waals surface area (Å²) in [6, 6.07) is 14.4. The van der Waals surface area contributed by atoms with E-state index in [1.54, 1.807) is 12.1 Å². The maximum absolute atomic E-state index is 14.8. The maximum Gasteiger partial charge on any atom is 0.221 e. The number of piperidine rings is 1. The van der Waals surface area contributed by atoms with Gasteiger partial charge in [-0.1, -0.05) is 24.3 Å². The van der Waals surface area contributed by atoms with Crippen LogP contribution in [0.1, 0.15) is 30.0 Å². The molecule has 1 aliphatic rings. The molecule has 4 nitrogen and oxygen atoms in total. The lowest BCUT2D eigenvalue weighted by Crippen LogP contribution is -2.40. The number of nitrogens with zero attached hydrogens (tertiary/aromatic N) is 2. The molecule has 0 spiro atoms. The highest BCUT2D eigenvalue weighted by Gasteiger charge is 2.26. The van der Waals surface area contributed by atoms with Crippen molar-refractivity contribution in [2.24, 2.45) is 5.73 Å². The van der Waals surface area contributed by atoms with Gasteiger partial charge in [0.2, 0.25) is 5.91 Å². The van der Waals surface area contributed by atoms with Gasteiger partial charge in [-0.3, -0.25) is 9.69 Å². The van der Waals surface area contributed by atoms with Crippen LogP contribution in [0.2, 0.25) is 0 Å². The van der Waals surface area contributed by atoms with Crippen molar-refractivity contribution in [1.82, 2.24) is 9.47 Å². The first-order valence-electron chi connectivity index (χ1n) is 10.00. The van der Waals surface area contributed by atoms with Crippen molar-refractivity contribution in [2.75, 3.05) is 13.1 Å². The second-order valence-electron chi connectivity index (χ2n) is 7.79. The Kier molecular flexibility index (Phi) is 5.62. The molecule has 1 aromatic heterocycles. The van der Waals surface area contributed by atoms with Crippen molar-refractivity contribution in [3.8, 4) is 0 Å². The number of amides is 1. The van der Waals surface area contributed by atoms with Gasteiger partial charge in [0.05, 0.1) is 6.42 Å². The van der Waals surface area contributed by atoms with Gasteiger partial charge in [-0.25, -0.2) is 8.78 Å². The van der Waals surface area contributed by atoms with Crippen LogP contribution in [0.3, 0.4) is 0 Å². The van der Waals surface area contributed by atoms with E-state index in [4.69, 9.17) is 5.73 Å². The topological polar surface area (TPSA) is 51.3 Å². The molecular weight excluding hydrogens is 372 g/mol. The van der Waals surface area contributed by atoms with Gasteiger partial charge >= 0.3 is 0 Å². The van der Waals surface area contributed by atoms with Gasteiger partial charge in [0.1, 0.15) is 5.82 Å². The largest absolute Gasteiger partial charge is 0.369 e. The van der Waals surface area contributed by atoms with E-state index in [0.29, 0.717) is 19.1 Å². The molecular formula is C23H25F2N3O. The highest BCUT2D eigenvalue weighted by molar-refractivity contribution is 5.83. The highest BCUT2D eigenvalue weighted by Crippen LogP contribution is 2.30. The summed E-state index contributed by atoms with van der Waals surface area (Å²) < 4.78 is 30.0. The Hall–Kier alpha value is -2.73. The van der Waals surface area contributed by atoms with Crippen LogP contribution in [0, 0.1) is 5.82 Å². The average molecular weight is 397 g/mol. The Morgan fingerprint density at radius 1 is 1.07 bits per heavy atom. The molecule has 29 heavy (non-hydrogen) atoms. The van der Waals surface area contributed by atoms with E-state index in [-0.39, 0.29) is 24.6 Å². The minimum Gasteiger partial charge on any atom is -0.369 e. The molecule has 1 amide bonds. The summed E-state index contributed by atoms with van der Waals surface area (Å²) in [5.74, 6) is -0.645. The molecule has 2 N–H and O–H groups in total. The number of nitrogens with two attached hydrogens (primary N) is 1. The smallest absolute Gasteiger partial charge is 0.221 e. The number of likely N-dealkylation sites (tertiary alicyclic amines) is 1. The Morgan fingerprint density at radius 3 is 2.45 bits per heavy atom. The lowest BCUT2D eigenvalue weighted by atomic mass is 10.0. The van der Waals surface area contributed by atoms with Crippen LogP contribution in [0.4, 0.5) is 8.78 Å². The second-order valence-corrected chi connectivity index (χ2v) is 7.79. The van der Waals surface area contributed by atoms with Gasteiger partial charge in [-0.15, -0.1) is 0 Å². The number of carbonyl (C=O) groups excluding carboxylic acids is 1. The molecule has 0 saturated carbocycles. The summed E-state index contributed by atoms with van der Waals surface area (Å²) in [5.41, 5.74) is 8.13. The fourth-order valence-electron chi connectivity index (χ4n) is 4.21. The van der Waals surface area contributed by atoms with Crippen molar-refractivity contribution in [1.29, 1.82) is 0 Å². The molecule has 0 bridgehead atoms. The molecule has 3 aromatic rings. The van der Waals surface area contributed by atoms with Gasteiger partial charge in [-0.2, -0.15) is 0 Å². The van der Waals surface area contributed by atoms with E-state index in [0.717, 1.165) is 34.9 Å². The quantitative estimate of drug-likeness (QED) is 0.640. The predicted molar refractivity (Wildman–Crippen MR) is 110 cm³/mol. The van der Waals surface area contributed by atoms with Gasteiger partial charge in [0, 0.05) is 37.3 Å². The zero-order valence-corrected chi connectivity index (χ0v) is 16.2. The van der Waals surface area contributed by atoms with Crippen molar-refractivity contribution in [3.63, 3.8) is 0 Å². The van der Waals surface area contributed by atoms with Crippen LogP contribution in [-0.4, -0.2) is 34.8 Å². The van der Waals surface area contributed by atoms with Crippen LogP contribution in [0.15, 0.2) is 54.7 Å². The zero-order valence-electron chi connectivity index (χ0n) is 16.2. The first kappa shape index (κ1) is 19.6. The number of rotatable bonds is 6. The standard InChI is InChI=1S/C23H25F2N3O/c24-19-5-2-16(3-6-19)14-22(25)27-10-8-20(9-11-27)28-12-7-18-4-1-17(13-21(18)28)15-23(26)29/h1-7,12-13,20,22H,8-11,14-15H2,(H2,26,29). The Balaban J connectivity index is 1.41. The van der Waals surface area contributed by atoms with Crippen LogP contribution in [0.5, 0.6) is 0 Å². The summed E-state index contributed by atoms with van der Waals surface area (Å²) >= 11 is 0. The molecule has 4 rings (SSSR count). The molecule has 2 heterocycles. The molecule has 2 aromatic carbocycles. The third-order valence-corrected chi connectivity index (χ3v) is 5.77. The zero-order chi connectivity index (χ0) is 20.4. The normalized spacial score (nSPS) is 16.9. The first-order chi connectivity index (χ1) is 14.0. The third kappa shape index (κ3) is 4.48. The minimum atomic E-state index is -1.06.